The van der Waals surface area contributed by atoms with E-state index in [4.69, 9.17) is 11.6 Å². The maximum Gasteiger partial charge on any atom is 0.222 e. The number of hydrogen-bond donors (Lipinski definition) is 0. The van der Waals surface area contributed by atoms with Gasteiger partial charge in [-0.2, -0.15) is 0 Å². The molecular weight excluding hydrogens is 348 g/mol. The molecule has 2 aliphatic rings. The number of piperidine rings is 2. The third-order valence-corrected chi connectivity index (χ3v) is 5.82. The third-order valence-electron chi connectivity index (χ3n) is 5.53. The molecule has 2 aliphatic heterocycles. The lowest BCUT2D eigenvalue weighted by atomic mass is 9.73. The Morgan fingerprint density at radius 1 is 1.08 bits per heavy atom. The van der Waals surface area contributed by atoms with Gasteiger partial charge in [-0.1, -0.05) is 17.7 Å². The molecule has 0 N–H and O–H groups in total. The summed E-state index contributed by atoms with van der Waals surface area (Å²) in [5, 5.41) is 0.696. The lowest BCUT2D eigenvalue weighted by Gasteiger charge is -2.48. The molecule has 0 bridgehead atoms. The van der Waals surface area contributed by atoms with E-state index in [1.165, 1.54) is 0 Å². The fourth-order valence-corrected chi connectivity index (χ4v) is 4.51. The summed E-state index contributed by atoms with van der Waals surface area (Å²) in [6.07, 6.45) is 7.35. The molecule has 4 heterocycles. The van der Waals surface area contributed by atoms with Crippen LogP contribution >= 0.6 is 11.6 Å². The first-order valence-electron chi connectivity index (χ1n) is 9.18. The smallest absolute Gasteiger partial charge is 0.222 e. The van der Waals surface area contributed by atoms with Crippen molar-refractivity contribution in [2.45, 2.75) is 32.2 Å². The molecule has 5 nitrogen and oxygen atoms in total. The first-order valence-corrected chi connectivity index (χ1v) is 9.56. The van der Waals surface area contributed by atoms with Crippen molar-refractivity contribution in [3.05, 3.63) is 53.4 Å². The molecule has 2 fully saturated rings. The molecule has 6 heteroatoms. The average molecular weight is 371 g/mol. The summed E-state index contributed by atoms with van der Waals surface area (Å²) in [5.41, 5.74) is 1.06. The van der Waals surface area contributed by atoms with Crippen molar-refractivity contribution in [1.82, 2.24) is 14.9 Å². The van der Waals surface area contributed by atoms with Crippen LogP contribution in [-0.2, 0) is 11.3 Å². The van der Waals surface area contributed by atoms with Crippen LogP contribution in [0.25, 0.3) is 0 Å². The van der Waals surface area contributed by atoms with Crippen LogP contribution in [-0.4, -0.2) is 40.4 Å². The van der Waals surface area contributed by atoms with Gasteiger partial charge < -0.3 is 9.80 Å². The summed E-state index contributed by atoms with van der Waals surface area (Å²) < 4.78 is 0. The summed E-state index contributed by atoms with van der Waals surface area (Å²) in [6, 6.07) is 9.61. The largest absolute Gasteiger partial charge is 0.355 e. The number of aromatic nitrogens is 2. The lowest BCUT2D eigenvalue weighted by molar-refractivity contribution is -0.138. The summed E-state index contributed by atoms with van der Waals surface area (Å²) in [4.78, 5) is 25.6. The van der Waals surface area contributed by atoms with E-state index in [0.29, 0.717) is 18.0 Å². The highest BCUT2D eigenvalue weighted by Crippen LogP contribution is 2.41. The predicted octanol–water partition coefficient (Wildman–Crippen LogP) is 3.54. The number of anilines is 1. The molecule has 1 amide bonds. The Morgan fingerprint density at radius 3 is 2.77 bits per heavy atom. The van der Waals surface area contributed by atoms with Gasteiger partial charge in [-0.3, -0.25) is 9.78 Å². The maximum atomic E-state index is 12.5. The van der Waals surface area contributed by atoms with Crippen molar-refractivity contribution in [1.29, 1.82) is 0 Å². The van der Waals surface area contributed by atoms with E-state index in [-0.39, 0.29) is 11.3 Å². The Labute approximate surface area is 159 Å². The lowest BCUT2D eigenvalue weighted by Crippen LogP contribution is -2.54. The molecule has 2 saturated heterocycles. The van der Waals surface area contributed by atoms with Crippen molar-refractivity contribution < 1.29 is 4.79 Å². The molecule has 1 spiro atoms. The minimum absolute atomic E-state index is 0.113. The molecule has 2 aromatic heterocycles. The van der Waals surface area contributed by atoms with Crippen molar-refractivity contribution >= 4 is 23.3 Å². The predicted molar refractivity (Wildman–Crippen MR) is 102 cm³/mol. The zero-order chi connectivity index (χ0) is 18.0. The third kappa shape index (κ3) is 3.54. The number of nitrogens with zero attached hydrogens (tertiary/aromatic N) is 4. The Morgan fingerprint density at radius 2 is 1.96 bits per heavy atom. The van der Waals surface area contributed by atoms with E-state index >= 15 is 0 Å². The van der Waals surface area contributed by atoms with Gasteiger partial charge in [0, 0.05) is 43.9 Å². The molecule has 4 rings (SSSR count). The standard InChI is InChI=1S/C20H23ClN4O/c21-17-6-3-11-23-19(17)24-12-4-8-20(14-24)9-7-18(26)25(15-20)13-16-5-1-2-10-22-16/h1-3,5-6,10-11H,4,7-9,12-15H2/t20-/m1/s1. The molecule has 136 valence electrons. The molecule has 1 atom stereocenters. The van der Waals surface area contributed by atoms with Gasteiger partial charge in [0.1, 0.15) is 5.82 Å². The van der Waals surface area contributed by atoms with Crippen LogP contribution in [0.5, 0.6) is 0 Å². The van der Waals surface area contributed by atoms with Crippen LogP contribution in [0.15, 0.2) is 42.7 Å². The van der Waals surface area contributed by atoms with Crippen LogP contribution in [0.1, 0.15) is 31.4 Å². The second-order valence-electron chi connectivity index (χ2n) is 7.40. The topological polar surface area (TPSA) is 49.3 Å². The fourth-order valence-electron chi connectivity index (χ4n) is 4.27. The second kappa shape index (κ2) is 7.23. The van der Waals surface area contributed by atoms with Crippen molar-refractivity contribution in [2.75, 3.05) is 24.5 Å². The minimum atomic E-state index is 0.113. The number of hydrogen-bond acceptors (Lipinski definition) is 4. The summed E-state index contributed by atoms with van der Waals surface area (Å²) in [5.74, 6) is 1.09. The molecule has 0 unspecified atom stereocenters. The van der Waals surface area contributed by atoms with Gasteiger partial charge in [0.2, 0.25) is 5.91 Å². The van der Waals surface area contributed by atoms with Gasteiger partial charge in [-0.05, 0) is 43.5 Å². The summed E-state index contributed by atoms with van der Waals surface area (Å²) in [7, 11) is 0. The molecule has 26 heavy (non-hydrogen) atoms. The van der Waals surface area contributed by atoms with Crippen LogP contribution in [0.2, 0.25) is 5.02 Å². The Bertz CT molecular complexity index is 784. The fraction of sp³-hybridized carbons (Fsp3) is 0.450. The highest BCUT2D eigenvalue weighted by atomic mass is 35.5. The van der Waals surface area contributed by atoms with Gasteiger partial charge in [0.25, 0.3) is 0 Å². The van der Waals surface area contributed by atoms with Crippen LogP contribution < -0.4 is 4.90 Å². The number of carbonyl (C=O) groups excluding carboxylic acids is 1. The van der Waals surface area contributed by atoms with Gasteiger partial charge in [-0.15, -0.1) is 0 Å². The van der Waals surface area contributed by atoms with Crippen LogP contribution in [0.4, 0.5) is 5.82 Å². The maximum absolute atomic E-state index is 12.5. The van der Waals surface area contributed by atoms with E-state index in [0.717, 1.165) is 50.4 Å². The number of halogens is 1. The average Bonchev–Trinajstić information content (AvgIpc) is 2.66. The summed E-state index contributed by atoms with van der Waals surface area (Å²) >= 11 is 6.37. The first-order chi connectivity index (χ1) is 12.7. The van der Waals surface area contributed by atoms with Gasteiger partial charge in [0.05, 0.1) is 17.3 Å². The Hall–Kier alpha value is -2.14. The van der Waals surface area contributed by atoms with E-state index in [1.54, 1.807) is 12.4 Å². The number of rotatable bonds is 3. The van der Waals surface area contributed by atoms with Crippen LogP contribution in [0.3, 0.4) is 0 Å². The van der Waals surface area contributed by atoms with E-state index in [2.05, 4.69) is 14.9 Å². The first kappa shape index (κ1) is 17.3. The van der Waals surface area contributed by atoms with Crippen molar-refractivity contribution in [3.8, 4) is 0 Å². The van der Waals surface area contributed by atoms with Gasteiger partial charge in [0.15, 0.2) is 0 Å². The molecule has 0 saturated carbocycles. The van der Waals surface area contributed by atoms with Crippen LogP contribution in [0, 0.1) is 5.41 Å². The van der Waals surface area contributed by atoms with Gasteiger partial charge in [-0.25, -0.2) is 4.98 Å². The molecule has 0 radical (unpaired) electrons. The van der Waals surface area contributed by atoms with E-state index in [1.807, 2.05) is 35.2 Å². The highest BCUT2D eigenvalue weighted by molar-refractivity contribution is 6.32. The number of pyridine rings is 2. The Balaban J connectivity index is 1.52. The molecular formula is C20H23ClN4O. The van der Waals surface area contributed by atoms with Gasteiger partial charge >= 0.3 is 0 Å². The molecule has 2 aromatic rings. The normalized spacial score (nSPS) is 23.5. The highest BCUT2D eigenvalue weighted by Gasteiger charge is 2.42. The monoisotopic (exact) mass is 370 g/mol. The van der Waals surface area contributed by atoms with Crippen molar-refractivity contribution in [3.63, 3.8) is 0 Å². The van der Waals surface area contributed by atoms with E-state index < -0.39 is 0 Å². The SMILES string of the molecule is O=C1CC[C@@]2(CCCN(c3ncccc3Cl)C2)CN1Cc1ccccn1. The van der Waals surface area contributed by atoms with E-state index in [9.17, 15) is 4.79 Å². The minimum Gasteiger partial charge on any atom is -0.355 e. The number of carbonyl (C=O) groups is 1. The second-order valence-corrected chi connectivity index (χ2v) is 7.81. The number of amides is 1. The number of likely N-dealkylation sites (tertiary alicyclic amines) is 1. The Kier molecular flexibility index (Phi) is 4.81. The molecule has 0 aromatic carbocycles. The zero-order valence-corrected chi connectivity index (χ0v) is 15.5. The molecule has 0 aliphatic carbocycles. The van der Waals surface area contributed by atoms with Crippen molar-refractivity contribution in [2.24, 2.45) is 5.41 Å². The zero-order valence-electron chi connectivity index (χ0n) is 14.8. The quantitative estimate of drug-likeness (QED) is 0.829. The summed E-state index contributed by atoms with van der Waals surface area (Å²) in [6.45, 7) is 3.23.